The van der Waals surface area contributed by atoms with E-state index < -0.39 is 5.60 Å². The lowest BCUT2D eigenvalue weighted by atomic mass is 10.0. The molecule has 1 aromatic rings. The molecule has 0 spiro atoms. The van der Waals surface area contributed by atoms with Gasteiger partial charge >= 0.3 is 0 Å². The van der Waals surface area contributed by atoms with Gasteiger partial charge in [0.05, 0.1) is 18.8 Å². The van der Waals surface area contributed by atoms with Crippen LogP contribution in [0.15, 0.2) is 24.3 Å². The average Bonchev–Trinajstić information content (AvgIpc) is 2.53. The zero-order valence-electron chi connectivity index (χ0n) is 14.2. The van der Waals surface area contributed by atoms with E-state index in [0.29, 0.717) is 19.5 Å². The van der Waals surface area contributed by atoms with Gasteiger partial charge in [-0.1, -0.05) is 18.2 Å². The van der Waals surface area contributed by atoms with Crippen molar-refractivity contribution >= 4 is 0 Å². The molecule has 23 heavy (non-hydrogen) atoms. The van der Waals surface area contributed by atoms with Crippen molar-refractivity contribution in [3.05, 3.63) is 35.6 Å². The van der Waals surface area contributed by atoms with Gasteiger partial charge in [-0.25, -0.2) is 4.39 Å². The fourth-order valence-electron chi connectivity index (χ4n) is 2.87. The molecule has 1 aliphatic rings. The van der Waals surface area contributed by atoms with Gasteiger partial charge in [0.25, 0.3) is 0 Å². The molecular weight excluding hydrogens is 295 g/mol. The Morgan fingerprint density at radius 2 is 2.04 bits per heavy atom. The smallest absolute Gasteiger partial charge is 0.126 e. The van der Waals surface area contributed by atoms with E-state index in [9.17, 15) is 9.50 Å². The molecule has 1 aliphatic heterocycles. The zero-order chi connectivity index (χ0) is 16.7. The van der Waals surface area contributed by atoms with Crippen molar-refractivity contribution in [3.63, 3.8) is 0 Å². The number of morpholine rings is 1. The van der Waals surface area contributed by atoms with Crippen LogP contribution in [-0.2, 0) is 11.2 Å². The maximum atomic E-state index is 13.6. The summed E-state index contributed by atoms with van der Waals surface area (Å²) in [5.41, 5.74) is -0.0231. The number of hydrogen-bond acceptors (Lipinski definition) is 4. The molecule has 0 aromatic heterocycles. The van der Waals surface area contributed by atoms with Gasteiger partial charge in [-0.3, -0.25) is 4.90 Å². The van der Waals surface area contributed by atoms with Crippen LogP contribution in [0.4, 0.5) is 4.39 Å². The molecule has 0 amide bonds. The van der Waals surface area contributed by atoms with Crippen LogP contribution < -0.4 is 5.32 Å². The summed E-state index contributed by atoms with van der Waals surface area (Å²) in [6.45, 7) is 8.33. The Balaban J connectivity index is 1.70. The molecule has 1 heterocycles. The van der Waals surface area contributed by atoms with E-state index in [0.717, 1.165) is 38.3 Å². The van der Waals surface area contributed by atoms with Gasteiger partial charge in [-0.05, 0) is 38.3 Å². The molecule has 1 saturated heterocycles. The Kier molecular flexibility index (Phi) is 6.96. The molecule has 0 bridgehead atoms. The van der Waals surface area contributed by atoms with E-state index in [4.69, 9.17) is 4.74 Å². The first-order valence-corrected chi connectivity index (χ1v) is 8.45. The molecule has 5 heteroatoms. The van der Waals surface area contributed by atoms with Crippen molar-refractivity contribution in [1.82, 2.24) is 10.2 Å². The van der Waals surface area contributed by atoms with E-state index in [-0.39, 0.29) is 11.9 Å². The highest BCUT2D eigenvalue weighted by molar-refractivity contribution is 5.17. The van der Waals surface area contributed by atoms with Crippen LogP contribution in [0, 0.1) is 5.82 Å². The van der Waals surface area contributed by atoms with Gasteiger partial charge in [-0.2, -0.15) is 0 Å². The van der Waals surface area contributed by atoms with Crippen LogP contribution in [0.2, 0.25) is 0 Å². The topological polar surface area (TPSA) is 44.7 Å². The largest absolute Gasteiger partial charge is 0.388 e. The Labute approximate surface area is 138 Å². The lowest BCUT2D eigenvalue weighted by molar-refractivity contribution is -0.0227. The molecular formula is C18H29FN2O2. The predicted molar refractivity (Wildman–Crippen MR) is 90.1 cm³/mol. The van der Waals surface area contributed by atoms with E-state index in [2.05, 4.69) is 17.1 Å². The summed E-state index contributed by atoms with van der Waals surface area (Å²) >= 11 is 0. The second-order valence-corrected chi connectivity index (χ2v) is 6.80. The summed E-state index contributed by atoms with van der Waals surface area (Å²) in [6.07, 6.45) is 1.54. The zero-order valence-corrected chi connectivity index (χ0v) is 14.2. The number of benzene rings is 1. The quantitative estimate of drug-likeness (QED) is 0.766. The molecule has 2 atom stereocenters. The normalized spacial score (nSPS) is 20.2. The van der Waals surface area contributed by atoms with Gasteiger partial charge in [0.2, 0.25) is 0 Å². The molecule has 4 nitrogen and oxygen atoms in total. The maximum absolute atomic E-state index is 13.6. The minimum Gasteiger partial charge on any atom is -0.388 e. The summed E-state index contributed by atoms with van der Waals surface area (Å²) in [4.78, 5) is 2.23. The Hall–Kier alpha value is -1.01. The lowest BCUT2D eigenvalue weighted by Gasteiger charge is -2.34. The summed E-state index contributed by atoms with van der Waals surface area (Å²) in [5.74, 6) is -0.140. The molecule has 2 rings (SSSR count). The van der Waals surface area contributed by atoms with Crippen LogP contribution in [0.25, 0.3) is 0 Å². The highest BCUT2D eigenvalue weighted by Gasteiger charge is 2.25. The fraction of sp³-hybridized carbons (Fsp3) is 0.667. The number of rotatable bonds is 8. The van der Waals surface area contributed by atoms with Crippen molar-refractivity contribution in [2.24, 2.45) is 0 Å². The number of nitrogens with one attached hydrogen (secondary N) is 1. The second kappa shape index (κ2) is 8.73. The molecule has 1 fully saturated rings. The monoisotopic (exact) mass is 324 g/mol. The lowest BCUT2D eigenvalue weighted by Crippen LogP contribution is -2.51. The van der Waals surface area contributed by atoms with Crippen LogP contribution in [0.3, 0.4) is 0 Å². The van der Waals surface area contributed by atoms with Crippen LogP contribution in [0.5, 0.6) is 0 Å². The van der Waals surface area contributed by atoms with Crippen molar-refractivity contribution in [2.75, 3.05) is 39.4 Å². The molecule has 0 aliphatic carbocycles. The summed E-state index contributed by atoms with van der Waals surface area (Å²) in [6, 6.07) is 7.13. The summed E-state index contributed by atoms with van der Waals surface area (Å²) in [5, 5.41) is 13.9. The molecule has 1 aromatic carbocycles. The van der Waals surface area contributed by atoms with E-state index in [1.807, 2.05) is 19.1 Å². The SMILES string of the molecule is CC(CCc1ccccc1F)NCC(C)(O)CN1CCOCC1. The van der Waals surface area contributed by atoms with Gasteiger partial charge in [0.1, 0.15) is 5.82 Å². The van der Waals surface area contributed by atoms with Gasteiger partial charge in [0, 0.05) is 32.2 Å². The molecule has 130 valence electrons. The van der Waals surface area contributed by atoms with Crippen LogP contribution in [0.1, 0.15) is 25.8 Å². The third-order valence-corrected chi connectivity index (χ3v) is 4.30. The number of aliphatic hydroxyl groups is 1. The minimum atomic E-state index is -0.774. The standard InChI is InChI=1S/C18H29FN2O2/c1-15(7-8-16-5-3-4-6-17(16)19)20-13-18(2,22)14-21-9-11-23-12-10-21/h3-6,15,20,22H,7-14H2,1-2H3. The molecule has 0 saturated carbocycles. The Morgan fingerprint density at radius 3 is 2.74 bits per heavy atom. The highest BCUT2D eigenvalue weighted by atomic mass is 19.1. The minimum absolute atomic E-state index is 0.140. The maximum Gasteiger partial charge on any atom is 0.126 e. The summed E-state index contributed by atoms with van der Waals surface area (Å²) in [7, 11) is 0. The number of halogens is 1. The molecule has 2 unspecified atom stereocenters. The van der Waals surface area contributed by atoms with Crippen molar-refractivity contribution in [3.8, 4) is 0 Å². The fourth-order valence-corrected chi connectivity index (χ4v) is 2.87. The van der Waals surface area contributed by atoms with Gasteiger partial charge < -0.3 is 15.2 Å². The van der Waals surface area contributed by atoms with Crippen molar-refractivity contribution in [1.29, 1.82) is 0 Å². The molecule has 0 radical (unpaired) electrons. The third kappa shape index (κ3) is 6.55. The number of β-amino-alcohol motifs (C(OH)–C–C–N with tert-alkyl or cyclic N) is 1. The van der Waals surface area contributed by atoms with Gasteiger partial charge in [0.15, 0.2) is 0 Å². The van der Waals surface area contributed by atoms with E-state index in [1.165, 1.54) is 6.07 Å². The van der Waals surface area contributed by atoms with Crippen molar-refractivity contribution in [2.45, 2.75) is 38.3 Å². The van der Waals surface area contributed by atoms with E-state index in [1.54, 1.807) is 6.07 Å². The highest BCUT2D eigenvalue weighted by Crippen LogP contribution is 2.11. The van der Waals surface area contributed by atoms with Gasteiger partial charge in [-0.15, -0.1) is 0 Å². The number of aryl methyl sites for hydroxylation is 1. The van der Waals surface area contributed by atoms with Crippen LogP contribution >= 0.6 is 0 Å². The average molecular weight is 324 g/mol. The van der Waals surface area contributed by atoms with Crippen molar-refractivity contribution < 1.29 is 14.2 Å². The first-order valence-electron chi connectivity index (χ1n) is 8.45. The number of nitrogens with zero attached hydrogens (tertiary/aromatic N) is 1. The second-order valence-electron chi connectivity index (χ2n) is 6.80. The Bertz CT molecular complexity index is 476. The number of ether oxygens (including phenoxy) is 1. The first-order chi connectivity index (χ1) is 11.0. The first kappa shape index (κ1) is 18.3. The molecule has 2 N–H and O–H groups in total. The Morgan fingerprint density at radius 1 is 1.35 bits per heavy atom. The third-order valence-electron chi connectivity index (χ3n) is 4.30. The number of hydrogen-bond donors (Lipinski definition) is 2. The van der Waals surface area contributed by atoms with Crippen LogP contribution in [-0.4, -0.2) is 61.0 Å². The van der Waals surface area contributed by atoms with E-state index >= 15 is 0 Å². The summed E-state index contributed by atoms with van der Waals surface area (Å²) < 4.78 is 18.9. The predicted octanol–water partition coefficient (Wildman–Crippen LogP) is 1.82.